The van der Waals surface area contributed by atoms with Gasteiger partial charge in [-0.15, -0.1) is 22.7 Å². The van der Waals surface area contributed by atoms with Crippen LogP contribution in [0.4, 0.5) is 4.79 Å². The maximum atomic E-state index is 12.2. The Morgan fingerprint density at radius 2 is 2.00 bits per heavy atom. The Bertz CT molecular complexity index is 601. The van der Waals surface area contributed by atoms with Crippen LogP contribution in [0.25, 0.3) is 0 Å². The Morgan fingerprint density at radius 3 is 2.64 bits per heavy atom. The molecule has 0 bridgehead atoms. The van der Waals surface area contributed by atoms with Gasteiger partial charge in [-0.3, -0.25) is 4.90 Å². The van der Waals surface area contributed by atoms with Crippen molar-refractivity contribution in [2.24, 2.45) is 0 Å². The van der Waals surface area contributed by atoms with Gasteiger partial charge in [0.05, 0.1) is 6.54 Å². The summed E-state index contributed by atoms with van der Waals surface area (Å²) < 4.78 is 0. The minimum absolute atomic E-state index is 0.0589. The van der Waals surface area contributed by atoms with Crippen molar-refractivity contribution in [2.75, 3.05) is 26.2 Å². The second kappa shape index (κ2) is 7.26. The average molecular weight is 335 g/mol. The van der Waals surface area contributed by atoms with Crippen LogP contribution in [0.2, 0.25) is 0 Å². The zero-order chi connectivity index (χ0) is 15.4. The van der Waals surface area contributed by atoms with E-state index in [-0.39, 0.29) is 6.03 Å². The molecule has 0 spiro atoms. The molecule has 118 valence electrons. The Balaban J connectivity index is 1.42. The Kier molecular flexibility index (Phi) is 5.12. The molecule has 0 aliphatic carbocycles. The van der Waals surface area contributed by atoms with E-state index in [1.54, 1.807) is 22.7 Å². The summed E-state index contributed by atoms with van der Waals surface area (Å²) in [6, 6.07) is 6.42. The molecule has 0 saturated carbocycles. The number of nitrogens with zero attached hydrogens (tertiary/aromatic N) is 2. The third-order valence-corrected chi connectivity index (χ3v) is 5.87. The Morgan fingerprint density at radius 1 is 1.18 bits per heavy atom. The molecule has 0 atom stereocenters. The Labute approximate surface area is 139 Å². The van der Waals surface area contributed by atoms with E-state index < -0.39 is 0 Å². The summed E-state index contributed by atoms with van der Waals surface area (Å²) in [5.74, 6) is 0. The molecule has 3 rings (SSSR count). The fourth-order valence-electron chi connectivity index (χ4n) is 2.58. The van der Waals surface area contributed by atoms with E-state index in [1.165, 1.54) is 15.3 Å². The summed E-state index contributed by atoms with van der Waals surface area (Å²) in [5.41, 5.74) is 1.26. The number of piperazine rings is 1. The fraction of sp³-hybridized carbons (Fsp3) is 0.438. The van der Waals surface area contributed by atoms with Gasteiger partial charge in [0.25, 0.3) is 0 Å². The quantitative estimate of drug-likeness (QED) is 0.932. The number of urea groups is 1. The molecule has 0 unspecified atom stereocenters. The third kappa shape index (κ3) is 3.88. The highest BCUT2D eigenvalue weighted by Crippen LogP contribution is 2.16. The lowest BCUT2D eigenvalue weighted by molar-refractivity contribution is 0.136. The van der Waals surface area contributed by atoms with E-state index in [9.17, 15) is 4.79 Å². The van der Waals surface area contributed by atoms with Crippen LogP contribution in [-0.4, -0.2) is 42.0 Å². The van der Waals surface area contributed by atoms with Gasteiger partial charge >= 0.3 is 6.03 Å². The molecule has 1 N–H and O–H groups in total. The van der Waals surface area contributed by atoms with Crippen LogP contribution in [0.15, 0.2) is 29.0 Å². The van der Waals surface area contributed by atoms with Crippen molar-refractivity contribution in [1.82, 2.24) is 15.1 Å². The van der Waals surface area contributed by atoms with E-state index >= 15 is 0 Å². The van der Waals surface area contributed by atoms with Crippen LogP contribution in [-0.2, 0) is 13.1 Å². The lowest BCUT2D eigenvalue weighted by Crippen LogP contribution is -2.51. The number of thiophene rings is 2. The number of carbonyl (C=O) groups is 1. The van der Waals surface area contributed by atoms with Crippen LogP contribution >= 0.6 is 22.7 Å². The van der Waals surface area contributed by atoms with Crippen LogP contribution in [0, 0.1) is 6.92 Å². The molecule has 2 aromatic rings. The van der Waals surface area contributed by atoms with Gasteiger partial charge in [-0.1, -0.05) is 6.07 Å². The van der Waals surface area contributed by atoms with Gasteiger partial charge in [-0.2, -0.15) is 0 Å². The lowest BCUT2D eigenvalue weighted by atomic mass is 10.3. The van der Waals surface area contributed by atoms with Crippen LogP contribution in [0.1, 0.15) is 15.3 Å². The van der Waals surface area contributed by atoms with Crippen molar-refractivity contribution in [2.45, 2.75) is 20.0 Å². The summed E-state index contributed by atoms with van der Waals surface area (Å²) >= 11 is 3.50. The van der Waals surface area contributed by atoms with E-state index in [4.69, 9.17) is 0 Å². The molecule has 3 heterocycles. The monoisotopic (exact) mass is 335 g/mol. The maximum Gasteiger partial charge on any atom is 0.317 e. The van der Waals surface area contributed by atoms with E-state index in [1.807, 2.05) is 4.90 Å². The fourth-order valence-corrected chi connectivity index (χ4v) is 4.18. The van der Waals surface area contributed by atoms with Gasteiger partial charge in [-0.25, -0.2) is 4.79 Å². The van der Waals surface area contributed by atoms with Crippen molar-refractivity contribution in [3.63, 3.8) is 0 Å². The topological polar surface area (TPSA) is 35.6 Å². The Hall–Kier alpha value is -1.37. The van der Waals surface area contributed by atoms with E-state index in [0.29, 0.717) is 6.54 Å². The first-order valence-corrected chi connectivity index (χ1v) is 9.29. The van der Waals surface area contributed by atoms with Gasteiger partial charge in [-0.05, 0) is 35.4 Å². The normalized spacial score (nSPS) is 16.0. The molecule has 1 aliphatic heterocycles. The summed E-state index contributed by atoms with van der Waals surface area (Å²) in [6.45, 7) is 7.23. The highest BCUT2D eigenvalue weighted by Gasteiger charge is 2.21. The summed E-state index contributed by atoms with van der Waals surface area (Å²) in [6.07, 6.45) is 0. The first kappa shape index (κ1) is 15.5. The number of hydrogen-bond donors (Lipinski definition) is 1. The number of carbonyl (C=O) groups excluding carboxylic acids is 1. The third-order valence-electron chi connectivity index (χ3n) is 3.99. The second-order valence-electron chi connectivity index (χ2n) is 5.53. The van der Waals surface area contributed by atoms with Gasteiger partial charge in [0.2, 0.25) is 0 Å². The molecule has 22 heavy (non-hydrogen) atoms. The maximum absolute atomic E-state index is 12.2. The van der Waals surface area contributed by atoms with Crippen molar-refractivity contribution in [3.8, 4) is 0 Å². The summed E-state index contributed by atoms with van der Waals surface area (Å²) in [7, 11) is 0. The molecule has 4 nitrogen and oxygen atoms in total. The first-order chi connectivity index (χ1) is 10.7. The zero-order valence-corrected chi connectivity index (χ0v) is 14.4. The number of amides is 2. The summed E-state index contributed by atoms with van der Waals surface area (Å²) in [5, 5.41) is 7.22. The predicted molar refractivity (Wildman–Crippen MR) is 92.5 cm³/mol. The molecule has 2 amide bonds. The van der Waals surface area contributed by atoms with E-state index in [2.05, 4.69) is 46.1 Å². The number of hydrogen-bond acceptors (Lipinski definition) is 4. The standard InChI is InChI=1S/C16H21N3OS2/c1-13-4-10-22-15(13)11-17-16(20)19-7-5-18(6-8-19)12-14-3-2-9-21-14/h2-4,9-10H,5-8,11-12H2,1H3,(H,17,20). The zero-order valence-electron chi connectivity index (χ0n) is 12.7. The summed E-state index contributed by atoms with van der Waals surface area (Å²) in [4.78, 5) is 19.2. The predicted octanol–water partition coefficient (Wildman–Crippen LogP) is 3.15. The van der Waals surface area contributed by atoms with Crippen molar-refractivity contribution >= 4 is 28.7 Å². The minimum atomic E-state index is 0.0589. The van der Waals surface area contributed by atoms with Crippen molar-refractivity contribution in [3.05, 3.63) is 44.3 Å². The van der Waals surface area contributed by atoms with Gasteiger partial charge in [0, 0.05) is 42.5 Å². The number of nitrogens with one attached hydrogen (secondary N) is 1. The average Bonchev–Trinajstić information content (AvgIpc) is 3.17. The molecule has 1 fully saturated rings. The highest BCUT2D eigenvalue weighted by molar-refractivity contribution is 7.10. The number of rotatable bonds is 4. The smallest absolute Gasteiger partial charge is 0.317 e. The SMILES string of the molecule is Cc1ccsc1CNC(=O)N1CCN(Cc2cccs2)CC1. The number of aryl methyl sites for hydroxylation is 1. The molecule has 1 aliphatic rings. The van der Waals surface area contributed by atoms with Crippen molar-refractivity contribution in [1.29, 1.82) is 0 Å². The molecular weight excluding hydrogens is 314 g/mol. The first-order valence-electron chi connectivity index (χ1n) is 7.53. The van der Waals surface area contributed by atoms with Crippen LogP contribution < -0.4 is 5.32 Å². The molecule has 2 aromatic heterocycles. The van der Waals surface area contributed by atoms with Gasteiger partial charge in [0.1, 0.15) is 0 Å². The highest BCUT2D eigenvalue weighted by atomic mass is 32.1. The molecule has 1 saturated heterocycles. The lowest BCUT2D eigenvalue weighted by Gasteiger charge is -2.34. The molecule has 6 heteroatoms. The second-order valence-corrected chi connectivity index (χ2v) is 7.56. The minimum Gasteiger partial charge on any atom is -0.333 e. The van der Waals surface area contributed by atoms with Crippen LogP contribution in [0.5, 0.6) is 0 Å². The van der Waals surface area contributed by atoms with E-state index in [0.717, 1.165) is 32.7 Å². The molecular formula is C16H21N3OS2. The molecule has 0 radical (unpaired) electrons. The molecule has 0 aromatic carbocycles. The van der Waals surface area contributed by atoms with Crippen LogP contribution in [0.3, 0.4) is 0 Å². The van der Waals surface area contributed by atoms with Gasteiger partial charge < -0.3 is 10.2 Å². The van der Waals surface area contributed by atoms with Crippen molar-refractivity contribution < 1.29 is 4.79 Å². The van der Waals surface area contributed by atoms with Gasteiger partial charge in [0.15, 0.2) is 0 Å². The largest absolute Gasteiger partial charge is 0.333 e.